The van der Waals surface area contributed by atoms with Crippen LogP contribution in [0.4, 0.5) is 5.69 Å². The molecule has 2 heterocycles. The number of carboxylic acids is 1. The summed E-state index contributed by atoms with van der Waals surface area (Å²) in [6.07, 6.45) is 4.12. The molecule has 0 aliphatic carbocycles. The van der Waals surface area contributed by atoms with Gasteiger partial charge in [-0.25, -0.2) is 4.79 Å². The van der Waals surface area contributed by atoms with Crippen LogP contribution >= 0.6 is 0 Å². The van der Waals surface area contributed by atoms with Gasteiger partial charge in [0.05, 0.1) is 17.4 Å². The first-order valence-electron chi connectivity index (χ1n) is 4.67. The second-order valence-corrected chi connectivity index (χ2v) is 3.39. The summed E-state index contributed by atoms with van der Waals surface area (Å²) in [7, 11) is 0. The quantitative estimate of drug-likeness (QED) is 0.780. The molecule has 1 fully saturated rings. The minimum Gasteiger partial charge on any atom is -0.478 e. The molecule has 1 aliphatic rings. The Bertz CT molecular complexity index is 417. The summed E-state index contributed by atoms with van der Waals surface area (Å²) in [5.74, 6) is -1.00. The lowest BCUT2D eigenvalue weighted by atomic mass is 10.2. The monoisotopic (exact) mass is 206 g/mol. The van der Waals surface area contributed by atoms with E-state index in [1.165, 1.54) is 18.5 Å². The summed E-state index contributed by atoms with van der Waals surface area (Å²) >= 11 is 0. The van der Waals surface area contributed by atoms with Gasteiger partial charge in [-0.1, -0.05) is 0 Å². The van der Waals surface area contributed by atoms with E-state index in [4.69, 9.17) is 5.11 Å². The summed E-state index contributed by atoms with van der Waals surface area (Å²) in [6, 6.07) is 1.47. The number of aromatic carboxylic acids is 1. The number of anilines is 1. The summed E-state index contributed by atoms with van der Waals surface area (Å²) in [5, 5.41) is 8.77. The lowest BCUT2D eigenvalue weighted by Gasteiger charge is -2.14. The van der Waals surface area contributed by atoms with Gasteiger partial charge < -0.3 is 10.0 Å². The SMILES string of the molecule is O=C(O)c1cncc(N2CCCC2=O)c1. The predicted molar refractivity (Wildman–Crippen MR) is 52.8 cm³/mol. The van der Waals surface area contributed by atoms with E-state index >= 15 is 0 Å². The van der Waals surface area contributed by atoms with Crippen molar-refractivity contribution in [3.05, 3.63) is 24.0 Å². The van der Waals surface area contributed by atoms with Gasteiger partial charge in [-0.3, -0.25) is 9.78 Å². The van der Waals surface area contributed by atoms with E-state index in [9.17, 15) is 9.59 Å². The van der Waals surface area contributed by atoms with Crippen LogP contribution in [-0.2, 0) is 4.79 Å². The molecule has 0 atom stereocenters. The van der Waals surface area contributed by atoms with Gasteiger partial charge in [0.25, 0.3) is 0 Å². The number of nitrogens with zero attached hydrogens (tertiary/aromatic N) is 2. The van der Waals surface area contributed by atoms with Crippen molar-refractivity contribution in [2.75, 3.05) is 11.4 Å². The molecule has 1 aromatic rings. The molecule has 1 aliphatic heterocycles. The van der Waals surface area contributed by atoms with Gasteiger partial charge in [0.2, 0.25) is 5.91 Å². The fraction of sp³-hybridized carbons (Fsp3) is 0.300. The van der Waals surface area contributed by atoms with Crippen molar-refractivity contribution in [2.45, 2.75) is 12.8 Å². The normalized spacial score (nSPS) is 15.7. The number of hydrogen-bond donors (Lipinski definition) is 1. The van der Waals surface area contributed by atoms with Gasteiger partial charge in [0.1, 0.15) is 0 Å². The fourth-order valence-corrected chi connectivity index (χ4v) is 1.61. The molecule has 0 unspecified atom stereocenters. The van der Waals surface area contributed by atoms with Crippen LogP contribution in [0.1, 0.15) is 23.2 Å². The third kappa shape index (κ3) is 1.81. The largest absolute Gasteiger partial charge is 0.478 e. The van der Waals surface area contributed by atoms with E-state index in [0.29, 0.717) is 18.7 Å². The Morgan fingerprint density at radius 2 is 2.27 bits per heavy atom. The molecule has 0 radical (unpaired) electrons. The molecule has 0 aromatic carbocycles. The Balaban J connectivity index is 2.32. The molecule has 2 rings (SSSR count). The van der Waals surface area contributed by atoms with E-state index in [2.05, 4.69) is 4.98 Å². The molecule has 5 nitrogen and oxygen atoms in total. The average Bonchev–Trinajstić information content (AvgIpc) is 2.64. The van der Waals surface area contributed by atoms with Crippen LogP contribution in [0.15, 0.2) is 18.5 Å². The molecule has 1 N–H and O–H groups in total. The molecule has 0 spiro atoms. The van der Waals surface area contributed by atoms with Crippen molar-refractivity contribution in [3.63, 3.8) is 0 Å². The zero-order valence-corrected chi connectivity index (χ0v) is 8.01. The first-order valence-corrected chi connectivity index (χ1v) is 4.67. The van der Waals surface area contributed by atoms with Crippen molar-refractivity contribution < 1.29 is 14.7 Å². The molecule has 0 bridgehead atoms. The maximum absolute atomic E-state index is 11.4. The Kier molecular flexibility index (Phi) is 2.37. The summed E-state index contributed by atoms with van der Waals surface area (Å²) in [4.78, 5) is 27.5. The number of amides is 1. The van der Waals surface area contributed by atoms with Gasteiger partial charge >= 0.3 is 5.97 Å². The van der Waals surface area contributed by atoms with Gasteiger partial charge in [0.15, 0.2) is 0 Å². The summed E-state index contributed by atoms with van der Waals surface area (Å²) < 4.78 is 0. The van der Waals surface area contributed by atoms with Crippen LogP contribution in [0.3, 0.4) is 0 Å². The number of aromatic nitrogens is 1. The van der Waals surface area contributed by atoms with Crippen LogP contribution in [0, 0.1) is 0 Å². The summed E-state index contributed by atoms with van der Waals surface area (Å²) in [6.45, 7) is 0.642. The van der Waals surface area contributed by atoms with Gasteiger partial charge in [0, 0.05) is 19.2 Å². The average molecular weight is 206 g/mol. The Morgan fingerprint density at radius 1 is 1.47 bits per heavy atom. The molecule has 78 valence electrons. The topological polar surface area (TPSA) is 70.5 Å². The molecule has 1 saturated heterocycles. The van der Waals surface area contributed by atoms with Crippen LogP contribution in [0.25, 0.3) is 0 Å². The molecule has 1 aromatic heterocycles. The van der Waals surface area contributed by atoms with Crippen LogP contribution in [0.5, 0.6) is 0 Å². The van der Waals surface area contributed by atoms with Crippen LogP contribution < -0.4 is 4.90 Å². The number of hydrogen-bond acceptors (Lipinski definition) is 3. The maximum Gasteiger partial charge on any atom is 0.337 e. The van der Waals surface area contributed by atoms with E-state index < -0.39 is 5.97 Å². The van der Waals surface area contributed by atoms with Gasteiger partial charge in [-0.05, 0) is 12.5 Å². The van der Waals surface area contributed by atoms with Crippen molar-refractivity contribution in [1.29, 1.82) is 0 Å². The second-order valence-electron chi connectivity index (χ2n) is 3.39. The molecular formula is C10H10N2O3. The Morgan fingerprint density at radius 3 is 2.87 bits per heavy atom. The highest BCUT2D eigenvalue weighted by molar-refractivity contribution is 5.96. The highest BCUT2D eigenvalue weighted by Gasteiger charge is 2.22. The van der Waals surface area contributed by atoms with E-state index in [1.54, 1.807) is 4.90 Å². The zero-order valence-electron chi connectivity index (χ0n) is 8.01. The van der Waals surface area contributed by atoms with E-state index in [1.807, 2.05) is 0 Å². The Labute approximate surface area is 86.3 Å². The number of carboxylic acid groups (broad SMARTS) is 1. The molecule has 0 saturated carbocycles. The second kappa shape index (κ2) is 3.68. The van der Waals surface area contributed by atoms with Crippen molar-refractivity contribution in [2.24, 2.45) is 0 Å². The maximum atomic E-state index is 11.4. The fourth-order valence-electron chi connectivity index (χ4n) is 1.61. The molecule has 15 heavy (non-hydrogen) atoms. The van der Waals surface area contributed by atoms with Crippen molar-refractivity contribution in [1.82, 2.24) is 4.98 Å². The zero-order chi connectivity index (χ0) is 10.8. The van der Waals surface area contributed by atoms with E-state index in [-0.39, 0.29) is 11.5 Å². The molecule has 5 heteroatoms. The summed E-state index contributed by atoms with van der Waals surface area (Å²) in [5.41, 5.74) is 0.671. The first kappa shape index (κ1) is 9.64. The smallest absolute Gasteiger partial charge is 0.337 e. The van der Waals surface area contributed by atoms with Crippen LogP contribution in [-0.4, -0.2) is 28.5 Å². The minimum atomic E-state index is -1.03. The highest BCUT2D eigenvalue weighted by atomic mass is 16.4. The van der Waals surface area contributed by atoms with Crippen molar-refractivity contribution in [3.8, 4) is 0 Å². The lowest BCUT2D eigenvalue weighted by Crippen LogP contribution is -2.24. The third-order valence-electron chi connectivity index (χ3n) is 2.36. The number of pyridine rings is 1. The number of carbonyl (C=O) groups is 2. The first-order chi connectivity index (χ1) is 7.18. The van der Waals surface area contributed by atoms with Crippen molar-refractivity contribution >= 4 is 17.6 Å². The molecule has 1 amide bonds. The van der Waals surface area contributed by atoms with Crippen LogP contribution in [0.2, 0.25) is 0 Å². The third-order valence-corrected chi connectivity index (χ3v) is 2.36. The number of rotatable bonds is 2. The number of carbonyl (C=O) groups excluding carboxylic acids is 1. The standard InChI is InChI=1S/C10H10N2O3/c13-9-2-1-3-12(9)8-4-7(10(14)15)5-11-6-8/h4-6H,1-3H2,(H,14,15). The predicted octanol–water partition coefficient (Wildman–Crippen LogP) is 0.907. The van der Waals surface area contributed by atoms with E-state index in [0.717, 1.165) is 6.42 Å². The van der Waals surface area contributed by atoms with Gasteiger partial charge in [-0.2, -0.15) is 0 Å². The minimum absolute atomic E-state index is 0.0272. The lowest BCUT2D eigenvalue weighted by molar-refractivity contribution is -0.117. The van der Waals surface area contributed by atoms with Gasteiger partial charge in [-0.15, -0.1) is 0 Å². The highest BCUT2D eigenvalue weighted by Crippen LogP contribution is 2.20. The molecular weight excluding hydrogens is 196 g/mol. The Hall–Kier alpha value is -1.91.